The summed E-state index contributed by atoms with van der Waals surface area (Å²) in [7, 11) is 0. The van der Waals surface area contributed by atoms with Crippen LogP contribution in [0.25, 0.3) is 0 Å². The van der Waals surface area contributed by atoms with Crippen LogP contribution in [0.2, 0.25) is 0 Å². The SMILES string of the molecule is CCOCC(O)CC. The highest BCUT2D eigenvalue weighted by atomic mass is 16.5. The van der Waals surface area contributed by atoms with Crippen molar-refractivity contribution >= 4 is 0 Å². The first-order chi connectivity index (χ1) is 3.81. The molecule has 0 fully saturated rings. The Morgan fingerprint density at radius 1 is 1.50 bits per heavy atom. The van der Waals surface area contributed by atoms with Gasteiger partial charge in [-0.05, 0) is 13.3 Å². The van der Waals surface area contributed by atoms with Crippen LogP contribution in [0.15, 0.2) is 0 Å². The van der Waals surface area contributed by atoms with E-state index in [9.17, 15) is 0 Å². The Labute approximate surface area is 50.5 Å². The maximum absolute atomic E-state index is 8.86. The van der Waals surface area contributed by atoms with Crippen molar-refractivity contribution < 1.29 is 9.84 Å². The smallest absolute Gasteiger partial charge is 0.0771 e. The van der Waals surface area contributed by atoms with Crippen LogP contribution in [0.1, 0.15) is 20.3 Å². The minimum atomic E-state index is -0.269. The largest absolute Gasteiger partial charge is 0.391 e. The fraction of sp³-hybridized carbons (Fsp3) is 1.00. The number of rotatable bonds is 4. The van der Waals surface area contributed by atoms with Gasteiger partial charge in [-0.15, -0.1) is 0 Å². The first kappa shape index (κ1) is 7.92. The fourth-order valence-electron chi connectivity index (χ4n) is 0.372. The van der Waals surface area contributed by atoms with E-state index in [1.807, 2.05) is 13.8 Å². The molecule has 0 aromatic carbocycles. The summed E-state index contributed by atoms with van der Waals surface area (Å²) in [6.45, 7) is 5.02. The molecule has 1 N–H and O–H groups in total. The lowest BCUT2D eigenvalue weighted by molar-refractivity contribution is 0.0408. The highest BCUT2D eigenvalue weighted by Gasteiger charge is 1.96. The van der Waals surface area contributed by atoms with Crippen LogP contribution in [0.4, 0.5) is 0 Å². The molecule has 0 saturated heterocycles. The maximum Gasteiger partial charge on any atom is 0.0771 e. The molecule has 0 amide bonds. The monoisotopic (exact) mass is 118 g/mol. The van der Waals surface area contributed by atoms with Gasteiger partial charge in [-0.1, -0.05) is 6.92 Å². The topological polar surface area (TPSA) is 29.5 Å². The van der Waals surface area contributed by atoms with E-state index >= 15 is 0 Å². The molecule has 0 radical (unpaired) electrons. The molecule has 0 aliphatic rings. The van der Waals surface area contributed by atoms with Gasteiger partial charge < -0.3 is 9.84 Å². The predicted molar refractivity (Wildman–Crippen MR) is 32.8 cm³/mol. The fourth-order valence-corrected chi connectivity index (χ4v) is 0.372. The van der Waals surface area contributed by atoms with Gasteiger partial charge in [0.15, 0.2) is 0 Å². The summed E-state index contributed by atoms with van der Waals surface area (Å²) < 4.78 is 4.94. The van der Waals surface area contributed by atoms with Gasteiger partial charge >= 0.3 is 0 Å². The number of ether oxygens (including phenoxy) is 1. The van der Waals surface area contributed by atoms with Crippen LogP contribution in [0, 0.1) is 0 Å². The number of hydrogen-bond donors (Lipinski definition) is 1. The molecule has 0 aliphatic heterocycles. The van der Waals surface area contributed by atoms with Gasteiger partial charge in [0.25, 0.3) is 0 Å². The van der Waals surface area contributed by atoms with Crippen molar-refractivity contribution in [2.24, 2.45) is 0 Å². The van der Waals surface area contributed by atoms with Gasteiger partial charge in [-0.3, -0.25) is 0 Å². The molecule has 0 spiro atoms. The van der Waals surface area contributed by atoms with Crippen molar-refractivity contribution in [1.29, 1.82) is 0 Å². The predicted octanol–water partition coefficient (Wildman–Crippen LogP) is 0.794. The highest BCUT2D eigenvalue weighted by Crippen LogP contribution is 1.89. The first-order valence-electron chi connectivity index (χ1n) is 3.07. The van der Waals surface area contributed by atoms with Gasteiger partial charge in [0.1, 0.15) is 0 Å². The Bertz CT molecular complexity index is 45.8. The third-order valence-electron chi connectivity index (χ3n) is 0.986. The molecular weight excluding hydrogens is 104 g/mol. The molecule has 2 nitrogen and oxygen atoms in total. The zero-order valence-corrected chi connectivity index (χ0v) is 5.55. The van der Waals surface area contributed by atoms with Crippen LogP contribution < -0.4 is 0 Å². The summed E-state index contributed by atoms with van der Waals surface area (Å²) in [5.41, 5.74) is 0. The summed E-state index contributed by atoms with van der Waals surface area (Å²) >= 11 is 0. The second-order valence-corrected chi connectivity index (χ2v) is 1.72. The zero-order valence-electron chi connectivity index (χ0n) is 5.55. The molecule has 0 aromatic rings. The Morgan fingerprint density at radius 3 is 2.50 bits per heavy atom. The van der Waals surface area contributed by atoms with Gasteiger partial charge in [-0.2, -0.15) is 0 Å². The summed E-state index contributed by atoms with van der Waals surface area (Å²) in [5.74, 6) is 0. The molecule has 0 aromatic heterocycles. The highest BCUT2D eigenvalue weighted by molar-refractivity contribution is 4.46. The molecule has 0 saturated carbocycles. The van der Waals surface area contributed by atoms with E-state index in [0.29, 0.717) is 13.2 Å². The lowest BCUT2D eigenvalue weighted by Crippen LogP contribution is -2.13. The molecule has 0 aliphatic carbocycles. The molecule has 1 atom stereocenters. The van der Waals surface area contributed by atoms with Crippen molar-refractivity contribution in [2.75, 3.05) is 13.2 Å². The average molecular weight is 118 g/mol. The first-order valence-corrected chi connectivity index (χ1v) is 3.07. The van der Waals surface area contributed by atoms with Gasteiger partial charge in [0, 0.05) is 6.61 Å². The maximum atomic E-state index is 8.86. The second-order valence-electron chi connectivity index (χ2n) is 1.72. The minimum Gasteiger partial charge on any atom is -0.391 e. The van der Waals surface area contributed by atoms with Crippen molar-refractivity contribution in [3.05, 3.63) is 0 Å². The van der Waals surface area contributed by atoms with Gasteiger partial charge in [0.05, 0.1) is 12.7 Å². The van der Waals surface area contributed by atoms with E-state index < -0.39 is 0 Å². The van der Waals surface area contributed by atoms with E-state index in [4.69, 9.17) is 9.84 Å². The number of aliphatic hydroxyl groups excluding tert-OH is 1. The molecular formula is C6H14O2. The summed E-state index contributed by atoms with van der Waals surface area (Å²) in [6.07, 6.45) is 0.509. The normalized spacial score (nSPS) is 13.9. The third kappa shape index (κ3) is 4.09. The number of hydrogen-bond acceptors (Lipinski definition) is 2. The van der Waals surface area contributed by atoms with Crippen LogP contribution in [0.3, 0.4) is 0 Å². The van der Waals surface area contributed by atoms with Crippen LogP contribution in [-0.2, 0) is 4.74 Å². The van der Waals surface area contributed by atoms with E-state index in [1.165, 1.54) is 0 Å². The standard InChI is InChI=1S/C6H14O2/c1-3-6(7)5-8-4-2/h6-7H,3-5H2,1-2H3. The van der Waals surface area contributed by atoms with Crippen LogP contribution >= 0.6 is 0 Å². The van der Waals surface area contributed by atoms with Crippen molar-refractivity contribution in [2.45, 2.75) is 26.4 Å². The van der Waals surface area contributed by atoms with E-state index in [-0.39, 0.29) is 6.10 Å². The van der Waals surface area contributed by atoms with Crippen molar-refractivity contribution in [1.82, 2.24) is 0 Å². The summed E-state index contributed by atoms with van der Waals surface area (Å²) in [6, 6.07) is 0. The van der Waals surface area contributed by atoms with Gasteiger partial charge in [-0.25, -0.2) is 0 Å². The lowest BCUT2D eigenvalue weighted by atomic mass is 10.3. The summed E-state index contributed by atoms with van der Waals surface area (Å²) in [4.78, 5) is 0. The third-order valence-corrected chi connectivity index (χ3v) is 0.986. The van der Waals surface area contributed by atoms with Crippen molar-refractivity contribution in [3.63, 3.8) is 0 Å². The Hall–Kier alpha value is -0.0800. The van der Waals surface area contributed by atoms with E-state index in [0.717, 1.165) is 6.42 Å². The van der Waals surface area contributed by atoms with Gasteiger partial charge in [0.2, 0.25) is 0 Å². The van der Waals surface area contributed by atoms with E-state index in [2.05, 4.69) is 0 Å². The second kappa shape index (κ2) is 5.06. The molecule has 0 bridgehead atoms. The Balaban J connectivity index is 2.86. The van der Waals surface area contributed by atoms with Crippen molar-refractivity contribution in [3.8, 4) is 0 Å². The minimum absolute atomic E-state index is 0.269. The zero-order chi connectivity index (χ0) is 6.41. The Kier molecular flexibility index (Phi) is 5.01. The molecule has 50 valence electrons. The summed E-state index contributed by atoms with van der Waals surface area (Å²) in [5, 5.41) is 8.86. The van der Waals surface area contributed by atoms with Crippen LogP contribution in [-0.4, -0.2) is 24.4 Å². The molecule has 8 heavy (non-hydrogen) atoms. The number of aliphatic hydroxyl groups is 1. The Morgan fingerprint density at radius 2 is 2.12 bits per heavy atom. The average Bonchev–Trinajstić information content (AvgIpc) is 1.83. The molecule has 0 heterocycles. The quantitative estimate of drug-likeness (QED) is 0.591. The molecule has 2 heteroatoms. The van der Waals surface area contributed by atoms with Crippen LogP contribution in [0.5, 0.6) is 0 Å². The molecule has 1 unspecified atom stereocenters. The van der Waals surface area contributed by atoms with E-state index in [1.54, 1.807) is 0 Å². The lowest BCUT2D eigenvalue weighted by Gasteiger charge is -2.05. The molecule has 0 rings (SSSR count).